The van der Waals surface area contributed by atoms with Crippen molar-refractivity contribution < 1.29 is 14.3 Å². The molecule has 1 aromatic heterocycles. The molecule has 0 fully saturated rings. The average Bonchev–Trinajstić information content (AvgIpc) is 3.49. The molecule has 0 bridgehead atoms. The lowest BCUT2D eigenvalue weighted by atomic mass is 10.0. The molecule has 5 aromatic rings. The lowest BCUT2D eigenvalue weighted by molar-refractivity contribution is -0.132. The topological polar surface area (TPSA) is 65.6 Å². The lowest BCUT2D eigenvalue weighted by Crippen LogP contribution is -2.43. The summed E-state index contributed by atoms with van der Waals surface area (Å²) < 4.78 is 5.61. The van der Waals surface area contributed by atoms with Gasteiger partial charge in [-0.05, 0) is 72.4 Å². The number of aromatic nitrogens is 1. The minimum atomic E-state index is -0.121. The Hall–Kier alpha value is -4.84. The number of nitrogens with zero attached hydrogens (tertiary/aromatic N) is 2. The van der Waals surface area contributed by atoms with Crippen LogP contribution in [0.15, 0.2) is 109 Å². The molecule has 0 saturated heterocycles. The molecular formula is C38H41N3O3. The largest absolute Gasteiger partial charge is 0.494 e. The Morgan fingerprint density at radius 2 is 1.45 bits per heavy atom. The Labute approximate surface area is 260 Å². The Bertz CT molecular complexity index is 1640. The summed E-state index contributed by atoms with van der Waals surface area (Å²) in [5, 5.41) is 1.17. The van der Waals surface area contributed by atoms with Crippen molar-refractivity contribution >= 4 is 22.7 Å². The third kappa shape index (κ3) is 7.75. The molecule has 4 aromatic carbocycles. The van der Waals surface area contributed by atoms with Crippen molar-refractivity contribution in [3.8, 4) is 16.9 Å². The van der Waals surface area contributed by atoms with Gasteiger partial charge in [0.2, 0.25) is 5.91 Å². The molecule has 2 amide bonds. The van der Waals surface area contributed by atoms with Gasteiger partial charge in [0, 0.05) is 42.3 Å². The van der Waals surface area contributed by atoms with Crippen LogP contribution in [0.5, 0.6) is 5.75 Å². The Kier molecular flexibility index (Phi) is 10.5. The van der Waals surface area contributed by atoms with Crippen LogP contribution >= 0.6 is 0 Å². The number of benzene rings is 4. The highest BCUT2D eigenvalue weighted by Crippen LogP contribution is 2.22. The molecule has 0 radical (unpaired) electrons. The van der Waals surface area contributed by atoms with E-state index in [1.807, 2.05) is 96.9 Å². The highest BCUT2D eigenvalue weighted by Gasteiger charge is 2.23. The maximum atomic E-state index is 14.0. The smallest absolute Gasteiger partial charge is 0.254 e. The first-order valence-electron chi connectivity index (χ1n) is 15.5. The predicted molar refractivity (Wildman–Crippen MR) is 178 cm³/mol. The van der Waals surface area contributed by atoms with Gasteiger partial charge in [-0.2, -0.15) is 0 Å². The lowest BCUT2D eigenvalue weighted by Gasteiger charge is -2.28. The monoisotopic (exact) mass is 587 g/mol. The molecule has 0 saturated carbocycles. The quantitative estimate of drug-likeness (QED) is 0.145. The van der Waals surface area contributed by atoms with E-state index in [4.69, 9.17) is 4.74 Å². The first-order valence-corrected chi connectivity index (χ1v) is 15.5. The molecular weight excluding hydrogens is 546 g/mol. The molecule has 226 valence electrons. The summed E-state index contributed by atoms with van der Waals surface area (Å²) in [6.45, 7) is 6.21. The second-order valence-corrected chi connectivity index (χ2v) is 11.0. The van der Waals surface area contributed by atoms with Crippen LogP contribution in [0.2, 0.25) is 0 Å². The fourth-order valence-electron chi connectivity index (χ4n) is 5.45. The van der Waals surface area contributed by atoms with Gasteiger partial charge < -0.3 is 19.5 Å². The number of rotatable bonds is 14. The number of nitrogens with one attached hydrogen (secondary N) is 1. The minimum absolute atomic E-state index is 0.0319. The van der Waals surface area contributed by atoms with Crippen molar-refractivity contribution in [3.63, 3.8) is 0 Å². The number of carbonyl (C=O) groups is 2. The Morgan fingerprint density at radius 3 is 2.18 bits per heavy atom. The summed E-state index contributed by atoms with van der Waals surface area (Å²) in [6, 6.07) is 33.9. The second-order valence-electron chi connectivity index (χ2n) is 11.0. The molecule has 0 atom stereocenters. The third-order valence-electron chi connectivity index (χ3n) is 7.92. The van der Waals surface area contributed by atoms with E-state index in [-0.39, 0.29) is 18.4 Å². The summed E-state index contributed by atoms with van der Waals surface area (Å²) in [5.41, 5.74) is 6.01. The van der Waals surface area contributed by atoms with Crippen molar-refractivity contribution in [2.45, 2.75) is 39.7 Å². The van der Waals surface area contributed by atoms with Crippen molar-refractivity contribution in [3.05, 3.63) is 126 Å². The first-order chi connectivity index (χ1) is 21.6. The van der Waals surface area contributed by atoms with Gasteiger partial charge in [0.05, 0.1) is 6.61 Å². The van der Waals surface area contributed by atoms with E-state index >= 15 is 0 Å². The highest BCUT2D eigenvalue weighted by atomic mass is 16.5. The van der Waals surface area contributed by atoms with Crippen molar-refractivity contribution in [1.82, 2.24) is 14.8 Å². The molecule has 6 nitrogen and oxygen atoms in total. The number of unbranched alkanes of at least 4 members (excludes halogenated alkanes) is 1. The zero-order valence-corrected chi connectivity index (χ0v) is 25.7. The van der Waals surface area contributed by atoms with Gasteiger partial charge in [0.15, 0.2) is 0 Å². The average molecular weight is 588 g/mol. The normalized spacial score (nSPS) is 11.0. The number of para-hydroxylation sites is 1. The molecule has 6 heteroatoms. The zero-order valence-electron chi connectivity index (χ0n) is 25.7. The van der Waals surface area contributed by atoms with Gasteiger partial charge in [0.25, 0.3) is 5.91 Å². The molecule has 0 unspecified atom stereocenters. The maximum absolute atomic E-state index is 14.0. The van der Waals surface area contributed by atoms with Crippen LogP contribution in [0.25, 0.3) is 22.0 Å². The van der Waals surface area contributed by atoms with Crippen LogP contribution in [0.3, 0.4) is 0 Å². The number of fused-ring (bicyclic) bond motifs is 1. The molecule has 5 rings (SSSR count). The maximum Gasteiger partial charge on any atom is 0.254 e. The van der Waals surface area contributed by atoms with Crippen LogP contribution in [0, 0.1) is 0 Å². The van der Waals surface area contributed by atoms with Gasteiger partial charge >= 0.3 is 0 Å². The highest BCUT2D eigenvalue weighted by molar-refractivity contribution is 5.97. The van der Waals surface area contributed by atoms with E-state index in [0.717, 1.165) is 40.8 Å². The number of carbonyl (C=O) groups excluding carboxylic acids is 2. The van der Waals surface area contributed by atoms with E-state index in [2.05, 4.69) is 36.2 Å². The number of H-pyrrole nitrogens is 1. The van der Waals surface area contributed by atoms with E-state index in [9.17, 15) is 9.59 Å². The van der Waals surface area contributed by atoms with Crippen LogP contribution in [0.4, 0.5) is 0 Å². The van der Waals surface area contributed by atoms with Crippen molar-refractivity contribution in [2.24, 2.45) is 0 Å². The summed E-state index contributed by atoms with van der Waals surface area (Å²) in [5.74, 6) is 0.621. The van der Waals surface area contributed by atoms with E-state index in [1.54, 1.807) is 4.90 Å². The number of ether oxygens (including phenoxy) is 1. The Morgan fingerprint density at radius 1 is 0.750 bits per heavy atom. The molecule has 44 heavy (non-hydrogen) atoms. The van der Waals surface area contributed by atoms with Crippen LogP contribution in [-0.2, 0) is 17.8 Å². The van der Waals surface area contributed by atoms with Gasteiger partial charge in [0.1, 0.15) is 12.3 Å². The summed E-state index contributed by atoms with van der Waals surface area (Å²) in [7, 11) is 0. The number of hydrogen-bond donors (Lipinski definition) is 1. The van der Waals surface area contributed by atoms with Crippen LogP contribution < -0.4 is 4.74 Å². The summed E-state index contributed by atoms with van der Waals surface area (Å²) in [4.78, 5) is 34.7. The third-order valence-corrected chi connectivity index (χ3v) is 7.92. The molecule has 0 aliphatic carbocycles. The van der Waals surface area contributed by atoms with Gasteiger partial charge in [-0.25, -0.2) is 0 Å². The van der Waals surface area contributed by atoms with Gasteiger partial charge in [-0.3, -0.25) is 9.59 Å². The number of aromatic amines is 1. The second kappa shape index (κ2) is 15.1. The Balaban J connectivity index is 1.34. The van der Waals surface area contributed by atoms with E-state index in [1.165, 1.54) is 10.9 Å². The molecule has 0 aliphatic heterocycles. The first kappa shape index (κ1) is 30.6. The number of hydrogen-bond acceptors (Lipinski definition) is 3. The van der Waals surface area contributed by atoms with Crippen LogP contribution in [0.1, 0.15) is 48.2 Å². The minimum Gasteiger partial charge on any atom is -0.494 e. The fourth-order valence-corrected chi connectivity index (χ4v) is 5.45. The predicted octanol–water partition coefficient (Wildman–Crippen LogP) is 7.75. The summed E-state index contributed by atoms with van der Waals surface area (Å²) in [6.07, 6.45) is 4.49. The number of amides is 2. The van der Waals surface area contributed by atoms with Gasteiger partial charge in [-0.15, -0.1) is 0 Å². The van der Waals surface area contributed by atoms with Gasteiger partial charge in [-0.1, -0.05) is 86.1 Å². The summed E-state index contributed by atoms with van der Waals surface area (Å²) >= 11 is 0. The van der Waals surface area contributed by atoms with Crippen molar-refractivity contribution in [2.75, 3.05) is 26.2 Å². The molecule has 1 N–H and O–H groups in total. The molecule has 0 spiro atoms. The van der Waals surface area contributed by atoms with Crippen molar-refractivity contribution in [1.29, 1.82) is 0 Å². The van der Waals surface area contributed by atoms with E-state index in [0.29, 0.717) is 38.2 Å². The van der Waals surface area contributed by atoms with E-state index < -0.39 is 0 Å². The SMILES string of the molecule is CCCCN(CC(=O)N(CCc1c[nH]c2ccccc12)Cc1ccc(OCC)cc1)C(=O)c1ccc(-c2ccccc2)cc1. The molecule has 0 aliphatic rings. The fraction of sp³-hybridized carbons (Fsp3) is 0.263. The zero-order chi connectivity index (χ0) is 30.7. The molecule has 1 heterocycles. The van der Waals surface area contributed by atoms with Crippen LogP contribution in [-0.4, -0.2) is 52.8 Å². The standard InChI is InChI=1S/C38H41N3O3/c1-3-5-24-41(38(43)32-19-17-31(18-20-32)30-11-7-6-8-12-30)28-37(42)40(27-29-15-21-34(22-16-29)44-4-2)25-23-33-26-39-36-14-10-9-13-35(33)36/h6-22,26,39H,3-5,23-25,27-28H2,1-2H3.